The van der Waals surface area contributed by atoms with Crippen molar-refractivity contribution in [3.8, 4) is 0 Å². The van der Waals surface area contributed by atoms with Gasteiger partial charge in [-0.2, -0.15) is 26.3 Å². The van der Waals surface area contributed by atoms with Crippen LogP contribution in [-0.4, -0.2) is 41.0 Å². The summed E-state index contributed by atoms with van der Waals surface area (Å²) in [6.07, 6.45) is -12.0. The molecule has 4 rings (SSSR count). The normalized spacial score (nSPS) is 16.2. The van der Waals surface area contributed by atoms with Crippen molar-refractivity contribution >= 4 is 23.9 Å². The molecule has 0 atom stereocenters. The topological polar surface area (TPSA) is 91.1 Å². The van der Waals surface area contributed by atoms with E-state index in [1.54, 1.807) is 0 Å². The van der Waals surface area contributed by atoms with E-state index in [1.165, 1.54) is 0 Å². The van der Waals surface area contributed by atoms with E-state index in [0.717, 1.165) is 0 Å². The highest BCUT2D eigenvalue weighted by molar-refractivity contribution is 6.15. The lowest BCUT2D eigenvalue weighted by Gasteiger charge is -2.38. The number of rotatable bonds is 2. The number of cyclic esters (lactones) is 4. The second-order valence-electron chi connectivity index (χ2n) is 6.64. The van der Waals surface area contributed by atoms with E-state index < -0.39 is 75.0 Å². The number of ether oxygens (including phenoxy) is 2. The average molecular weight is 445 g/mol. The summed E-state index contributed by atoms with van der Waals surface area (Å²) in [4.78, 5) is 44.4. The highest BCUT2D eigenvalue weighted by Crippen LogP contribution is 2.56. The zero-order chi connectivity index (χ0) is 22.9. The third-order valence-corrected chi connectivity index (χ3v) is 5.02. The standard InChI is InChI=1S/C19H6F6O6/c20-18(21,22)17(19(23,24)25,7-1-3-9-11(5-7)15(28)30-13(9)26)8-2-4-10-12(6-8)16(29)31-14(10)27/h1-6H/p+1. The quantitative estimate of drug-likeness (QED) is 0.306. The fourth-order valence-corrected chi connectivity index (χ4v) is 3.63. The molecule has 1 N–H and O–H groups in total. The van der Waals surface area contributed by atoms with Crippen LogP contribution < -0.4 is 0 Å². The summed E-state index contributed by atoms with van der Waals surface area (Å²) >= 11 is 0. The van der Waals surface area contributed by atoms with Crippen LogP contribution in [0.4, 0.5) is 26.3 Å². The fourth-order valence-electron chi connectivity index (χ4n) is 3.63. The number of hydrogen-bond donors (Lipinski definition) is 0. The Balaban J connectivity index is 2.06. The van der Waals surface area contributed by atoms with Gasteiger partial charge >= 0.3 is 36.2 Å². The van der Waals surface area contributed by atoms with Crippen molar-refractivity contribution < 1.29 is 55.0 Å². The van der Waals surface area contributed by atoms with Crippen molar-refractivity contribution in [2.24, 2.45) is 0 Å². The van der Waals surface area contributed by atoms with Crippen LogP contribution in [0.15, 0.2) is 36.4 Å². The van der Waals surface area contributed by atoms with Crippen LogP contribution in [-0.2, 0) is 14.9 Å². The Hall–Kier alpha value is -3.70. The molecule has 2 aromatic rings. The summed E-state index contributed by atoms with van der Waals surface area (Å²) in [6, 6.07) is 2.77. The van der Waals surface area contributed by atoms with Crippen molar-refractivity contribution in [1.29, 1.82) is 0 Å². The Labute approximate surface area is 167 Å². The summed E-state index contributed by atoms with van der Waals surface area (Å²) in [7, 11) is 0. The molecule has 0 fully saturated rings. The predicted molar refractivity (Wildman–Crippen MR) is 87.0 cm³/mol. The smallest absolute Gasteiger partial charge is 0.386 e. The van der Waals surface area contributed by atoms with Crippen LogP contribution in [0.25, 0.3) is 0 Å². The SMILES string of the molecule is O=C1OC(=O)c2cc(C(c3ccc4c(c3)C(=[OH+])OC4=O)(C(F)(F)F)C(F)(F)F)ccc21. The van der Waals surface area contributed by atoms with Gasteiger partial charge in [-0.15, -0.1) is 0 Å². The fraction of sp³-hybridized carbons (Fsp3) is 0.158. The summed E-state index contributed by atoms with van der Waals surface area (Å²) in [5.74, 6) is -4.89. The Kier molecular flexibility index (Phi) is 4.08. The van der Waals surface area contributed by atoms with Gasteiger partial charge in [0, 0.05) is 0 Å². The molecule has 0 unspecified atom stereocenters. The average Bonchev–Trinajstić information content (AvgIpc) is 3.09. The van der Waals surface area contributed by atoms with E-state index in [0.29, 0.717) is 36.4 Å². The first-order valence-corrected chi connectivity index (χ1v) is 8.26. The molecule has 2 aliphatic rings. The minimum atomic E-state index is -6.00. The largest absolute Gasteiger partial charge is 0.527 e. The number of esters is 4. The van der Waals surface area contributed by atoms with Gasteiger partial charge in [-0.05, 0) is 35.4 Å². The number of fused-ring (bicyclic) bond motifs is 2. The minimum absolute atomic E-state index is 0.294. The molecule has 2 aromatic carbocycles. The monoisotopic (exact) mass is 445 g/mol. The molecule has 0 amide bonds. The van der Waals surface area contributed by atoms with Gasteiger partial charge in [-0.3, -0.25) is 0 Å². The molecule has 12 heteroatoms. The van der Waals surface area contributed by atoms with Crippen LogP contribution in [0.2, 0.25) is 0 Å². The summed E-state index contributed by atoms with van der Waals surface area (Å²) in [5, 5.41) is 0. The molecule has 160 valence electrons. The van der Waals surface area contributed by atoms with E-state index in [9.17, 15) is 45.5 Å². The number of carbonyl (C=O) groups excluding carboxylic acids is 4. The molecule has 0 saturated heterocycles. The van der Waals surface area contributed by atoms with Gasteiger partial charge in [0.2, 0.25) is 5.41 Å². The molecule has 31 heavy (non-hydrogen) atoms. The van der Waals surface area contributed by atoms with E-state index in [4.69, 9.17) is 0 Å². The third-order valence-electron chi connectivity index (χ3n) is 5.02. The molecule has 6 nitrogen and oxygen atoms in total. The summed E-state index contributed by atoms with van der Waals surface area (Å²) < 4.78 is 93.9. The van der Waals surface area contributed by atoms with E-state index >= 15 is 0 Å². The maximum Gasteiger partial charge on any atom is 0.527 e. The minimum Gasteiger partial charge on any atom is -0.386 e. The third kappa shape index (κ3) is 2.67. The predicted octanol–water partition coefficient (Wildman–Crippen LogP) is 3.43. The van der Waals surface area contributed by atoms with Gasteiger partial charge in [0.1, 0.15) is 11.1 Å². The van der Waals surface area contributed by atoms with E-state index in [-0.39, 0.29) is 0 Å². The zero-order valence-electron chi connectivity index (χ0n) is 14.7. The van der Waals surface area contributed by atoms with Crippen molar-refractivity contribution in [2.75, 3.05) is 0 Å². The zero-order valence-corrected chi connectivity index (χ0v) is 14.7. The maximum atomic E-state index is 14.2. The molecule has 0 saturated carbocycles. The summed E-state index contributed by atoms with van der Waals surface area (Å²) in [6.45, 7) is 0. The van der Waals surface area contributed by atoms with E-state index in [2.05, 4.69) is 9.47 Å². The van der Waals surface area contributed by atoms with Gasteiger partial charge in [-0.25, -0.2) is 19.1 Å². The van der Waals surface area contributed by atoms with Gasteiger partial charge in [0.15, 0.2) is 0 Å². The molecule has 0 bridgehead atoms. The van der Waals surface area contributed by atoms with Gasteiger partial charge in [-0.1, -0.05) is 12.1 Å². The molecule has 2 heterocycles. The lowest BCUT2D eigenvalue weighted by atomic mass is 9.71. The number of halogens is 6. The van der Waals surface area contributed by atoms with Gasteiger partial charge in [0.05, 0.1) is 11.1 Å². The lowest BCUT2D eigenvalue weighted by molar-refractivity contribution is -0.288. The second kappa shape index (κ2) is 6.15. The Bertz CT molecular complexity index is 1100. The van der Waals surface area contributed by atoms with Crippen LogP contribution >= 0.6 is 0 Å². The van der Waals surface area contributed by atoms with Crippen molar-refractivity contribution in [3.63, 3.8) is 0 Å². The Morgan fingerprint density at radius 3 is 1.55 bits per heavy atom. The first-order chi connectivity index (χ1) is 14.3. The van der Waals surface area contributed by atoms with Crippen molar-refractivity contribution in [1.82, 2.24) is 0 Å². The van der Waals surface area contributed by atoms with Crippen molar-refractivity contribution in [3.05, 3.63) is 69.8 Å². The summed E-state index contributed by atoms with van der Waals surface area (Å²) in [5.41, 5.74) is -9.81. The highest BCUT2D eigenvalue weighted by atomic mass is 19.4. The van der Waals surface area contributed by atoms with Gasteiger partial charge < -0.3 is 9.53 Å². The van der Waals surface area contributed by atoms with Crippen LogP contribution in [0.3, 0.4) is 0 Å². The molecule has 2 aliphatic heterocycles. The number of carbonyl (C=O) groups is 3. The van der Waals surface area contributed by atoms with Crippen LogP contribution in [0, 0.1) is 0 Å². The number of alkyl halides is 6. The van der Waals surface area contributed by atoms with Crippen molar-refractivity contribution in [2.45, 2.75) is 17.8 Å². The number of hydrogen-bond acceptors (Lipinski definition) is 5. The van der Waals surface area contributed by atoms with E-state index in [1.807, 2.05) is 0 Å². The molecule has 0 aromatic heterocycles. The molecule has 0 radical (unpaired) electrons. The first-order valence-electron chi connectivity index (χ1n) is 8.26. The van der Waals surface area contributed by atoms with Gasteiger partial charge in [0.25, 0.3) is 0 Å². The number of benzene rings is 2. The second-order valence-corrected chi connectivity index (χ2v) is 6.64. The van der Waals surface area contributed by atoms with Crippen LogP contribution in [0.5, 0.6) is 0 Å². The Morgan fingerprint density at radius 2 is 1.03 bits per heavy atom. The van der Waals surface area contributed by atoms with Crippen LogP contribution in [0.1, 0.15) is 47.8 Å². The molecular formula is C19H7F6O6+. The maximum absolute atomic E-state index is 14.2. The lowest BCUT2D eigenvalue weighted by Crippen LogP contribution is -2.55. The first kappa shape index (κ1) is 20.6. The molecular weight excluding hydrogens is 438 g/mol. The highest BCUT2D eigenvalue weighted by Gasteiger charge is 2.73. The molecule has 0 aliphatic carbocycles. The molecule has 0 spiro atoms. The Morgan fingerprint density at radius 1 is 0.613 bits per heavy atom.